The van der Waals surface area contributed by atoms with Crippen molar-refractivity contribution in [1.29, 1.82) is 0 Å². The molecule has 0 saturated carbocycles. The van der Waals surface area contributed by atoms with E-state index in [-0.39, 0.29) is 11.8 Å². The first-order valence-electron chi connectivity index (χ1n) is 4.58. The molecule has 1 aliphatic rings. The van der Waals surface area contributed by atoms with Crippen molar-refractivity contribution in [2.75, 3.05) is 5.32 Å². The molecular formula is C11H13NO. The van der Waals surface area contributed by atoms with Gasteiger partial charge in [-0.15, -0.1) is 0 Å². The van der Waals surface area contributed by atoms with E-state index in [1.165, 1.54) is 11.1 Å². The number of carbonyl (C=O) groups excluding carboxylic acids is 1. The van der Waals surface area contributed by atoms with Crippen LogP contribution in [0.3, 0.4) is 0 Å². The van der Waals surface area contributed by atoms with Crippen LogP contribution in [0.2, 0.25) is 0 Å². The molecule has 0 aliphatic carbocycles. The van der Waals surface area contributed by atoms with Gasteiger partial charge in [-0.25, -0.2) is 0 Å². The molecule has 1 aromatic carbocycles. The number of amides is 1. The fraction of sp³-hybridized carbons (Fsp3) is 0.364. The van der Waals surface area contributed by atoms with Crippen LogP contribution in [0.4, 0.5) is 5.69 Å². The van der Waals surface area contributed by atoms with Crippen LogP contribution in [0.5, 0.6) is 0 Å². The summed E-state index contributed by atoms with van der Waals surface area (Å²) in [6, 6.07) is 6.03. The first-order chi connectivity index (χ1) is 6.18. The summed E-state index contributed by atoms with van der Waals surface area (Å²) in [5, 5.41) is 2.91. The van der Waals surface area contributed by atoms with Crippen LogP contribution >= 0.6 is 0 Å². The molecule has 0 bridgehead atoms. The number of anilines is 1. The number of hydrogen-bond donors (Lipinski definition) is 1. The number of fused-ring (bicyclic) bond motifs is 1. The van der Waals surface area contributed by atoms with E-state index in [0.29, 0.717) is 0 Å². The van der Waals surface area contributed by atoms with E-state index < -0.39 is 0 Å². The fourth-order valence-corrected chi connectivity index (χ4v) is 1.75. The smallest absolute Gasteiger partial charge is 0.227 e. The van der Waals surface area contributed by atoms with Gasteiger partial charge in [0.15, 0.2) is 0 Å². The summed E-state index contributed by atoms with van der Waals surface area (Å²) in [5.74, 6) is 0.242. The summed E-state index contributed by atoms with van der Waals surface area (Å²) < 4.78 is 0. The summed E-state index contributed by atoms with van der Waals surface area (Å²) in [6.07, 6.45) is 0.869. The van der Waals surface area contributed by atoms with E-state index in [1.807, 2.05) is 19.1 Å². The lowest BCUT2D eigenvalue weighted by molar-refractivity contribution is -0.119. The number of nitrogens with one attached hydrogen (secondary N) is 1. The van der Waals surface area contributed by atoms with E-state index in [2.05, 4.69) is 18.3 Å². The highest BCUT2D eigenvalue weighted by molar-refractivity contribution is 5.95. The zero-order valence-corrected chi connectivity index (χ0v) is 7.92. The SMILES string of the molecule is Cc1cccc2c1CC(C)C(=O)N2. The Bertz CT molecular complexity index is 357. The van der Waals surface area contributed by atoms with Gasteiger partial charge in [0, 0.05) is 11.6 Å². The van der Waals surface area contributed by atoms with Crippen LogP contribution in [0.1, 0.15) is 18.1 Å². The average Bonchev–Trinajstić information content (AvgIpc) is 2.09. The Labute approximate surface area is 78.0 Å². The molecule has 2 heteroatoms. The third-order valence-electron chi connectivity index (χ3n) is 2.63. The molecule has 1 N–H and O–H groups in total. The molecule has 0 spiro atoms. The molecule has 1 atom stereocenters. The second-order valence-electron chi connectivity index (χ2n) is 3.70. The van der Waals surface area contributed by atoms with Crippen molar-refractivity contribution in [2.24, 2.45) is 5.92 Å². The third-order valence-corrected chi connectivity index (χ3v) is 2.63. The normalized spacial score (nSPS) is 20.8. The Balaban J connectivity index is 2.48. The highest BCUT2D eigenvalue weighted by Crippen LogP contribution is 2.27. The molecule has 13 heavy (non-hydrogen) atoms. The van der Waals surface area contributed by atoms with E-state index in [1.54, 1.807) is 0 Å². The van der Waals surface area contributed by atoms with Gasteiger partial charge in [-0.3, -0.25) is 4.79 Å². The van der Waals surface area contributed by atoms with Crippen LogP contribution in [-0.4, -0.2) is 5.91 Å². The molecule has 1 aromatic rings. The van der Waals surface area contributed by atoms with Crippen LogP contribution in [0.25, 0.3) is 0 Å². The number of rotatable bonds is 0. The Morgan fingerprint density at radius 3 is 3.00 bits per heavy atom. The Kier molecular flexibility index (Phi) is 1.83. The lowest BCUT2D eigenvalue weighted by atomic mass is 9.92. The Morgan fingerprint density at radius 2 is 2.23 bits per heavy atom. The second-order valence-corrected chi connectivity index (χ2v) is 3.70. The highest BCUT2D eigenvalue weighted by Gasteiger charge is 2.22. The van der Waals surface area contributed by atoms with Crippen molar-refractivity contribution < 1.29 is 4.79 Å². The van der Waals surface area contributed by atoms with Gasteiger partial charge in [0.2, 0.25) is 5.91 Å². The van der Waals surface area contributed by atoms with Gasteiger partial charge in [0.25, 0.3) is 0 Å². The van der Waals surface area contributed by atoms with Crippen LogP contribution < -0.4 is 5.32 Å². The van der Waals surface area contributed by atoms with Gasteiger partial charge in [0.05, 0.1) is 0 Å². The van der Waals surface area contributed by atoms with E-state index in [9.17, 15) is 4.79 Å². The minimum absolute atomic E-state index is 0.105. The fourth-order valence-electron chi connectivity index (χ4n) is 1.75. The van der Waals surface area contributed by atoms with Crippen molar-refractivity contribution in [3.05, 3.63) is 29.3 Å². The monoisotopic (exact) mass is 175 g/mol. The van der Waals surface area contributed by atoms with E-state index >= 15 is 0 Å². The molecular weight excluding hydrogens is 162 g/mol. The molecule has 2 nitrogen and oxygen atoms in total. The molecule has 1 amide bonds. The molecule has 1 unspecified atom stereocenters. The number of benzene rings is 1. The zero-order chi connectivity index (χ0) is 9.42. The number of hydrogen-bond acceptors (Lipinski definition) is 1. The zero-order valence-electron chi connectivity index (χ0n) is 7.92. The molecule has 0 fully saturated rings. The summed E-state index contributed by atoms with van der Waals surface area (Å²) in [7, 11) is 0. The first kappa shape index (κ1) is 8.30. The number of carbonyl (C=O) groups is 1. The summed E-state index contributed by atoms with van der Waals surface area (Å²) in [6.45, 7) is 4.05. The van der Waals surface area contributed by atoms with Gasteiger partial charge >= 0.3 is 0 Å². The predicted molar refractivity (Wildman–Crippen MR) is 52.7 cm³/mol. The van der Waals surface area contributed by atoms with E-state index in [4.69, 9.17) is 0 Å². The maximum atomic E-state index is 11.4. The minimum Gasteiger partial charge on any atom is -0.326 e. The van der Waals surface area contributed by atoms with Gasteiger partial charge in [-0.05, 0) is 30.5 Å². The van der Waals surface area contributed by atoms with Gasteiger partial charge in [-0.1, -0.05) is 19.1 Å². The predicted octanol–water partition coefficient (Wildman–Crippen LogP) is 2.13. The quantitative estimate of drug-likeness (QED) is 0.643. The molecule has 68 valence electrons. The highest BCUT2D eigenvalue weighted by atomic mass is 16.1. The van der Waals surface area contributed by atoms with Crippen LogP contribution in [-0.2, 0) is 11.2 Å². The summed E-state index contributed by atoms with van der Waals surface area (Å²) in [4.78, 5) is 11.4. The molecule has 1 heterocycles. The topological polar surface area (TPSA) is 29.1 Å². The molecule has 0 radical (unpaired) electrons. The largest absolute Gasteiger partial charge is 0.326 e. The molecule has 1 aliphatic heterocycles. The molecule has 0 saturated heterocycles. The van der Waals surface area contributed by atoms with Gasteiger partial charge < -0.3 is 5.32 Å². The van der Waals surface area contributed by atoms with Gasteiger partial charge in [0.1, 0.15) is 0 Å². The standard InChI is InChI=1S/C11H13NO/c1-7-4-3-5-10-9(7)6-8(2)11(13)12-10/h3-5,8H,6H2,1-2H3,(H,12,13). The first-order valence-corrected chi connectivity index (χ1v) is 4.58. The lowest BCUT2D eigenvalue weighted by Crippen LogP contribution is -2.28. The maximum Gasteiger partial charge on any atom is 0.227 e. The number of aryl methyl sites for hydroxylation is 1. The van der Waals surface area contributed by atoms with E-state index in [0.717, 1.165) is 12.1 Å². The van der Waals surface area contributed by atoms with Crippen molar-refractivity contribution in [3.8, 4) is 0 Å². The molecule has 2 rings (SSSR count). The van der Waals surface area contributed by atoms with Crippen molar-refractivity contribution in [1.82, 2.24) is 0 Å². The summed E-state index contributed by atoms with van der Waals surface area (Å²) >= 11 is 0. The summed E-state index contributed by atoms with van der Waals surface area (Å²) in [5.41, 5.74) is 3.54. The second kappa shape index (κ2) is 2.87. The average molecular weight is 175 g/mol. The molecule has 0 aromatic heterocycles. The lowest BCUT2D eigenvalue weighted by Gasteiger charge is -2.23. The Morgan fingerprint density at radius 1 is 1.46 bits per heavy atom. The Hall–Kier alpha value is -1.31. The van der Waals surface area contributed by atoms with Crippen LogP contribution in [0, 0.1) is 12.8 Å². The minimum atomic E-state index is 0.105. The van der Waals surface area contributed by atoms with Crippen molar-refractivity contribution in [3.63, 3.8) is 0 Å². The van der Waals surface area contributed by atoms with Gasteiger partial charge in [-0.2, -0.15) is 0 Å². The van der Waals surface area contributed by atoms with Crippen molar-refractivity contribution >= 4 is 11.6 Å². The van der Waals surface area contributed by atoms with Crippen LogP contribution in [0.15, 0.2) is 18.2 Å². The third kappa shape index (κ3) is 1.32. The van der Waals surface area contributed by atoms with Crippen molar-refractivity contribution in [2.45, 2.75) is 20.3 Å². The maximum absolute atomic E-state index is 11.4.